The van der Waals surface area contributed by atoms with Gasteiger partial charge in [0.25, 0.3) is 0 Å². The van der Waals surface area contributed by atoms with Crippen molar-refractivity contribution in [1.29, 1.82) is 0 Å². The van der Waals surface area contributed by atoms with Gasteiger partial charge in [-0.25, -0.2) is 4.79 Å². The molecule has 1 rings (SSSR count). The normalized spacial score (nSPS) is 24.8. The van der Waals surface area contributed by atoms with Crippen LogP contribution in [0.1, 0.15) is 32.1 Å². The van der Waals surface area contributed by atoms with Gasteiger partial charge in [0.1, 0.15) is 0 Å². The maximum absolute atomic E-state index is 11.4. The van der Waals surface area contributed by atoms with E-state index in [-0.39, 0.29) is 31.0 Å². The molecular formula is C10H19N3O3. The zero-order valence-electron chi connectivity index (χ0n) is 9.24. The predicted molar refractivity (Wildman–Crippen MR) is 59.0 cm³/mol. The molecule has 0 aromatic carbocycles. The van der Waals surface area contributed by atoms with E-state index in [2.05, 4.69) is 10.6 Å². The molecule has 1 fully saturated rings. The summed E-state index contributed by atoms with van der Waals surface area (Å²) >= 11 is 0. The van der Waals surface area contributed by atoms with E-state index in [1.165, 1.54) is 0 Å². The first kappa shape index (κ1) is 12.8. The zero-order valence-corrected chi connectivity index (χ0v) is 9.24. The number of hydrogen-bond donors (Lipinski definition) is 4. The molecule has 0 aromatic rings. The molecule has 1 aliphatic carbocycles. The van der Waals surface area contributed by atoms with E-state index in [1.807, 2.05) is 0 Å². The first-order valence-electron chi connectivity index (χ1n) is 5.59. The summed E-state index contributed by atoms with van der Waals surface area (Å²) in [6, 6.07) is 0.471. The monoisotopic (exact) mass is 229 g/mol. The third-order valence-corrected chi connectivity index (χ3v) is 2.77. The van der Waals surface area contributed by atoms with Crippen LogP contribution in [0.5, 0.6) is 0 Å². The Morgan fingerprint density at radius 1 is 1.25 bits per heavy atom. The number of rotatable bonds is 4. The van der Waals surface area contributed by atoms with Crippen LogP contribution in [-0.4, -0.2) is 35.7 Å². The average molecular weight is 229 g/mol. The van der Waals surface area contributed by atoms with Crippen LogP contribution in [0.25, 0.3) is 0 Å². The third kappa shape index (κ3) is 4.97. The van der Waals surface area contributed by atoms with E-state index in [4.69, 9.17) is 10.8 Å². The van der Waals surface area contributed by atoms with Gasteiger partial charge < -0.3 is 21.5 Å². The molecule has 0 unspecified atom stereocenters. The molecule has 5 N–H and O–H groups in total. The Hall–Kier alpha value is -1.30. The van der Waals surface area contributed by atoms with Crippen molar-refractivity contribution in [2.24, 2.45) is 5.73 Å². The van der Waals surface area contributed by atoms with Crippen LogP contribution in [-0.2, 0) is 4.79 Å². The molecule has 0 saturated heterocycles. The van der Waals surface area contributed by atoms with E-state index in [0.29, 0.717) is 0 Å². The van der Waals surface area contributed by atoms with Crippen LogP contribution in [0.2, 0.25) is 0 Å². The van der Waals surface area contributed by atoms with Gasteiger partial charge in [0.15, 0.2) is 0 Å². The van der Waals surface area contributed by atoms with Gasteiger partial charge in [-0.1, -0.05) is 0 Å². The maximum atomic E-state index is 11.4. The minimum absolute atomic E-state index is 0.103. The van der Waals surface area contributed by atoms with Crippen LogP contribution >= 0.6 is 0 Å². The van der Waals surface area contributed by atoms with Crippen LogP contribution in [0.4, 0.5) is 4.79 Å². The van der Waals surface area contributed by atoms with Crippen LogP contribution < -0.4 is 16.4 Å². The highest BCUT2D eigenvalue weighted by Gasteiger charge is 2.19. The molecule has 1 aliphatic rings. The van der Waals surface area contributed by atoms with Crippen molar-refractivity contribution >= 4 is 12.0 Å². The molecule has 0 bridgehead atoms. The lowest BCUT2D eigenvalue weighted by molar-refractivity contribution is -0.121. The molecule has 0 spiro atoms. The maximum Gasteiger partial charge on any atom is 0.404 e. The number of carbonyl (C=O) groups is 2. The number of hydrogen-bond acceptors (Lipinski definition) is 3. The molecule has 0 radical (unpaired) electrons. The molecule has 92 valence electrons. The molecular weight excluding hydrogens is 210 g/mol. The Bertz CT molecular complexity index is 250. The van der Waals surface area contributed by atoms with E-state index in [1.54, 1.807) is 0 Å². The lowest BCUT2D eigenvalue weighted by atomic mass is 9.92. The number of nitrogens with two attached hydrogens (primary N) is 1. The number of amides is 2. The second kappa shape index (κ2) is 6.32. The van der Waals surface area contributed by atoms with Gasteiger partial charge in [-0.15, -0.1) is 0 Å². The Morgan fingerprint density at radius 2 is 1.88 bits per heavy atom. The highest BCUT2D eigenvalue weighted by Crippen LogP contribution is 2.16. The summed E-state index contributed by atoms with van der Waals surface area (Å²) < 4.78 is 0. The first-order chi connectivity index (χ1) is 7.58. The number of carbonyl (C=O) groups excluding carboxylic acids is 1. The van der Waals surface area contributed by atoms with Crippen LogP contribution in [0.15, 0.2) is 0 Å². The van der Waals surface area contributed by atoms with Gasteiger partial charge in [-0.05, 0) is 25.7 Å². The topological polar surface area (TPSA) is 104 Å². The SMILES string of the molecule is NC1CCC(NC(=O)CCNC(=O)O)CC1. The molecule has 0 atom stereocenters. The average Bonchev–Trinajstić information content (AvgIpc) is 2.21. The van der Waals surface area contributed by atoms with Gasteiger partial charge >= 0.3 is 6.09 Å². The Labute approximate surface area is 94.6 Å². The quantitative estimate of drug-likeness (QED) is 0.546. The fraction of sp³-hybridized carbons (Fsp3) is 0.800. The van der Waals surface area contributed by atoms with Crippen molar-refractivity contribution in [2.45, 2.75) is 44.2 Å². The summed E-state index contributed by atoms with van der Waals surface area (Å²) in [5.74, 6) is -0.103. The number of nitrogens with one attached hydrogen (secondary N) is 2. The molecule has 1 saturated carbocycles. The Kier molecular flexibility index (Phi) is 5.04. The van der Waals surface area contributed by atoms with E-state index in [0.717, 1.165) is 25.7 Å². The third-order valence-electron chi connectivity index (χ3n) is 2.77. The van der Waals surface area contributed by atoms with Gasteiger partial charge in [0.05, 0.1) is 0 Å². The molecule has 6 heteroatoms. The van der Waals surface area contributed by atoms with Crippen LogP contribution in [0, 0.1) is 0 Å². The molecule has 0 heterocycles. The van der Waals surface area contributed by atoms with Crippen molar-refractivity contribution < 1.29 is 14.7 Å². The Morgan fingerprint density at radius 3 is 2.44 bits per heavy atom. The van der Waals surface area contributed by atoms with Gasteiger partial charge in [0, 0.05) is 25.0 Å². The highest BCUT2D eigenvalue weighted by atomic mass is 16.4. The molecule has 16 heavy (non-hydrogen) atoms. The minimum atomic E-state index is -1.10. The Balaban J connectivity index is 2.11. The van der Waals surface area contributed by atoms with Gasteiger partial charge in [-0.3, -0.25) is 4.79 Å². The van der Waals surface area contributed by atoms with Crippen LogP contribution in [0.3, 0.4) is 0 Å². The lowest BCUT2D eigenvalue weighted by Gasteiger charge is -2.26. The van der Waals surface area contributed by atoms with Gasteiger partial charge in [-0.2, -0.15) is 0 Å². The summed E-state index contributed by atoms with van der Waals surface area (Å²) in [5.41, 5.74) is 5.75. The predicted octanol–water partition coefficient (Wildman–Crippen LogP) is 0.0302. The summed E-state index contributed by atoms with van der Waals surface area (Å²) in [7, 11) is 0. The fourth-order valence-corrected chi connectivity index (χ4v) is 1.85. The summed E-state index contributed by atoms with van der Waals surface area (Å²) in [4.78, 5) is 21.5. The molecule has 0 aromatic heterocycles. The lowest BCUT2D eigenvalue weighted by Crippen LogP contribution is -2.41. The van der Waals surface area contributed by atoms with Gasteiger partial charge in [0.2, 0.25) is 5.91 Å². The van der Waals surface area contributed by atoms with Crippen molar-refractivity contribution in [3.8, 4) is 0 Å². The highest BCUT2D eigenvalue weighted by molar-refractivity contribution is 5.77. The summed E-state index contributed by atoms with van der Waals surface area (Å²) in [5, 5.41) is 13.4. The number of carboxylic acid groups (broad SMARTS) is 1. The summed E-state index contributed by atoms with van der Waals surface area (Å²) in [6.45, 7) is 0.160. The van der Waals surface area contributed by atoms with E-state index in [9.17, 15) is 9.59 Å². The fourth-order valence-electron chi connectivity index (χ4n) is 1.85. The van der Waals surface area contributed by atoms with E-state index < -0.39 is 6.09 Å². The van der Waals surface area contributed by atoms with Crippen molar-refractivity contribution in [3.05, 3.63) is 0 Å². The second-order valence-corrected chi connectivity index (χ2v) is 4.16. The van der Waals surface area contributed by atoms with Crippen molar-refractivity contribution in [3.63, 3.8) is 0 Å². The summed E-state index contributed by atoms with van der Waals surface area (Å²) in [6.07, 6.45) is 2.81. The molecule has 2 amide bonds. The second-order valence-electron chi connectivity index (χ2n) is 4.16. The molecule has 6 nitrogen and oxygen atoms in total. The minimum Gasteiger partial charge on any atom is -0.465 e. The standard InChI is InChI=1S/C10H19N3O3/c11-7-1-3-8(4-2-7)13-9(14)5-6-12-10(15)16/h7-8,12H,1-6,11H2,(H,13,14)(H,15,16). The largest absolute Gasteiger partial charge is 0.465 e. The molecule has 0 aliphatic heterocycles. The van der Waals surface area contributed by atoms with Crippen molar-refractivity contribution in [2.75, 3.05) is 6.54 Å². The van der Waals surface area contributed by atoms with E-state index >= 15 is 0 Å². The zero-order chi connectivity index (χ0) is 12.0. The first-order valence-corrected chi connectivity index (χ1v) is 5.59. The smallest absolute Gasteiger partial charge is 0.404 e. The van der Waals surface area contributed by atoms with Crippen molar-refractivity contribution in [1.82, 2.24) is 10.6 Å².